The number of likely N-dealkylation sites (N-methyl/N-ethyl adjacent to an activating group) is 1. The summed E-state index contributed by atoms with van der Waals surface area (Å²) in [5.41, 5.74) is 7.73. The average molecular weight is 343 g/mol. The summed E-state index contributed by atoms with van der Waals surface area (Å²) < 4.78 is 14.0. The molecule has 0 saturated heterocycles. The third-order valence-corrected chi connectivity index (χ3v) is 5.49. The highest BCUT2D eigenvalue weighted by Gasteiger charge is 2.39. The van der Waals surface area contributed by atoms with E-state index in [4.69, 9.17) is 5.73 Å². The number of nitrogens with zero attached hydrogens (tertiary/aromatic N) is 1. The Balaban J connectivity index is 2.18. The summed E-state index contributed by atoms with van der Waals surface area (Å²) in [4.78, 5) is 2.30. The quantitative estimate of drug-likeness (QED) is 0.903. The molecule has 1 atom stereocenters. The maximum atomic E-state index is 13.2. The molecule has 1 aliphatic rings. The summed E-state index contributed by atoms with van der Waals surface area (Å²) in [6.07, 6.45) is 6.88. The Labute approximate surface area is 129 Å². The van der Waals surface area contributed by atoms with Crippen molar-refractivity contribution in [3.8, 4) is 0 Å². The first-order valence-electron chi connectivity index (χ1n) is 7.32. The van der Waals surface area contributed by atoms with Gasteiger partial charge in [0.1, 0.15) is 5.82 Å². The van der Waals surface area contributed by atoms with Crippen LogP contribution in [0.25, 0.3) is 0 Å². The molecule has 1 aromatic carbocycles. The van der Waals surface area contributed by atoms with Crippen LogP contribution in [0.15, 0.2) is 22.7 Å². The molecule has 20 heavy (non-hydrogen) atoms. The lowest BCUT2D eigenvalue weighted by atomic mass is 9.74. The SMILES string of the molecule is CN(C)C1(C(N)Cc2ccc(F)cc2Br)CCCCC1. The van der Waals surface area contributed by atoms with E-state index >= 15 is 0 Å². The molecular formula is C16H24BrFN2. The first-order chi connectivity index (χ1) is 9.45. The molecule has 0 radical (unpaired) electrons. The minimum absolute atomic E-state index is 0.0690. The summed E-state index contributed by atoms with van der Waals surface area (Å²) in [5.74, 6) is -0.214. The van der Waals surface area contributed by atoms with Crippen LogP contribution in [0, 0.1) is 5.82 Å². The summed E-state index contributed by atoms with van der Waals surface area (Å²) in [5, 5.41) is 0. The second-order valence-corrected chi connectivity index (χ2v) is 6.96. The van der Waals surface area contributed by atoms with Gasteiger partial charge < -0.3 is 10.6 Å². The van der Waals surface area contributed by atoms with Gasteiger partial charge in [-0.3, -0.25) is 0 Å². The van der Waals surface area contributed by atoms with Crippen LogP contribution in [0.5, 0.6) is 0 Å². The van der Waals surface area contributed by atoms with Crippen LogP contribution in [-0.4, -0.2) is 30.6 Å². The maximum absolute atomic E-state index is 13.2. The van der Waals surface area contributed by atoms with E-state index in [2.05, 4.69) is 34.9 Å². The molecule has 1 aliphatic carbocycles. The molecule has 1 saturated carbocycles. The smallest absolute Gasteiger partial charge is 0.124 e. The van der Waals surface area contributed by atoms with E-state index in [0.29, 0.717) is 0 Å². The fourth-order valence-corrected chi connectivity index (χ4v) is 3.94. The highest BCUT2D eigenvalue weighted by atomic mass is 79.9. The number of hydrogen-bond donors (Lipinski definition) is 1. The second-order valence-electron chi connectivity index (χ2n) is 6.11. The molecule has 0 aromatic heterocycles. The van der Waals surface area contributed by atoms with E-state index in [1.807, 2.05) is 6.07 Å². The zero-order chi connectivity index (χ0) is 14.8. The van der Waals surface area contributed by atoms with Gasteiger partial charge in [0.05, 0.1) is 0 Å². The molecule has 2 N–H and O–H groups in total. The van der Waals surface area contributed by atoms with E-state index in [0.717, 1.165) is 29.3 Å². The zero-order valence-electron chi connectivity index (χ0n) is 12.3. The third-order valence-electron chi connectivity index (χ3n) is 4.76. The topological polar surface area (TPSA) is 29.3 Å². The van der Waals surface area contributed by atoms with Gasteiger partial charge in [0.2, 0.25) is 0 Å². The first kappa shape index (κ1) is 15.9. The van der Waals surface area contributed by atoms with Crippen LogP contribution in [0.4, 0.5) is 4.39 Å². The van der Waals surface area contributed by atoms with E-state index in [1.54, 1.807) is 0 Å². The highest BCUT2D eigenvalue weighted by molar-refractivity contribution is 9.10. The molecule has 1 unspecified atom stereocenters. The van der Waals surface area contributed by atoms with Crippen molar-refractivity contribution in [2.75, 3.05) is 14.1 Å². The van der Waals surface area contributed by atoms with Gasteiger partial charge in [-0.25, -0.2) is 4.39 Å². The fraction of sp³-hybridized carbons (Fsp3) is 0.625. The lowest BCUT2D eigenvalue weighted by Crippen LogP contribution is -2.59. The van der Waals surface area contributed by atoms with E-state index in [9.17, 15) is 4.39 Å². The standard InChI is InChI=1S/C16H24BrFN2/c1-20(2)16(8-4-3-5-9-16)15(19)10-12-6-7-13(18)11-14(12)17/h6-7,11,15H,3-5,8-10,19H2,1-2H3. The Morgan fingerprint density at radius 3 is 2.50 bits per heavy atom. The first-order valence-corrected chi connectivity index (χ1v) is 8.12. The Kier molecular flexibility index (Phi) is 5.21. The normalized spacial score (nSPS) is 20.1. The minimum Gasteiger partial charge on any atom is -0.326 e. The number of benzene rings is 1. The van der Waals surface area contributed by atoms with E-state index in [-0.39, 0.29) is 17.4 Å². The number of rotatable bonds is 4. The van der Waals surface area contributed by atoms with Gasteiger partial charge in [0, 0.05) is 16.1 Å². The molecule has 0 aliphatic heterocycles. The van der Waals surface area contributed by atoms with E-state index in [1.165, 1.54) is 31.4 Å². The monoisotopic (exact) mass is 342 g/mol. The van der Waals surface area contributed by atoms with Gasteiger partial charge in [0.25, 0.3) is 0 Å². The van der Waals surface area contributed by atoms with E-state index < -0.39 is 0 Å². The molecule has 0 bridgehead atoms. The van der Waals surface area contributed by atoms with Crippen LogP contribution in [0.2, 0.25) is 0 Å². The molecule has 1 aromatic rings. The zero-order valence-corrected chi connectivity index (χ0v) is 13.9. The lowest BCUT2D eigenvalue weighted by Gasteiger charge is -2.47. The second kappa shape index (κ2) is 6.54. The molecule has 2 rings (SSSR count). The Bertz CT molecular complexity index is 456. The van der Waals surface area contributed by atoms with Gasteiger partial charge in [-0.05, 0) is 51.1 Å². The number of halogens is 2. The van der Waals surface area contributed by atoms with Crippen molar-refractivity contribution in [1.29, 1.82) is 0 Å². The largest absolute Gasteiger partial charge is 0.326 e. The number of hydrogen-bond acceptors (Lipinski definition) is 2. The molecule has 0 heterocycles. The van der Waals surface area contributed by atoms with Crippen molar-refractivity contribution in [3.63, 3.8) is 0 Å². The molecule has 1 fully saturated rings. The lowest BCUT2D eigenvalue weighted by molar-refractivity contribution is 0.0715. The summed E-state index contributed by atoms with van der Waals surface area (Å²) >= 11 is 3.45. The summed E-state index contributed by atoms with van der Waals surface area (Å²) in [6.45, 7) is 0. The van der Waals surface area contributed by atoms with Gasteiger partial charge in [-0.2, -0.15) is 0 Å². The molecule has 4 heteroatoms. The average Bonchev–Trinajstić information content (AvgIpc) is 2.42. The van der Waals surface area contributed by atoms with Gasteiger partial charge >= 0.3 is 0 Å². The minimum atomic E-state index is -0.214. The van der Waals surface area contributed by atoms with Crippen molar-refractivity contribution in [1.82, 2.24) is 4.90 Å². The predicted octanol–water partition coefficient (Wildman–Crippen LogP) is 3.72. The van der Waals surface area contributed by atoms with Crippen LogP contribution in [0.1, 0.15) is 37.7 Å². The fourth-order valence-electron chi connectivity index (χ4n) is 3.43. The van der Waals surface area contributed by atoms with Crippen molar-refractivity contribution >= 4 is 15.9 Å². The molecule has 112 valence electrons. The van der Waals surface area contributed by atoms with Crippen LogP contribution in [-0.2, 0) is 6.42 Å². The Morgan fingerprint density at radius 1 is 1.30 bits per heavy atom. The molecule has 2 nitrogen and oxygen atoms in total. The maximum Gasteiger partial charge on any atom is 0.124 e. The highest BCUT2D eigenvalue weighted by Crippen LogP contribution is 2.36. The van der Waals surface area contributed by atoms with Crippen LogP contribution >= 0.6 is 15.9 Å². The third kappa shape index (κ3) is 3.23. The summed E-state index contributed by atoms with van der Waals surface area (Å²) in [6, 6.07) is 4.94. The van der Waals surface area contributed by atoms with Gasteiger partial charge in [-0.1, -0.05) is 41.3 Å². The number of nitrogens with two attached hydrogens (primary N) is 1. The van der Waals surface area contributed by atoms with Crippen LogP contribution < -0.4 is 5.73 Å². The van der Waals surface area contributed by atoms with Crippen molar-refractivity contribution in [2.45, 2.75) is 50.1 Å². The van der Waals surface area contributed by atoms with Gasteiger partial charge in [0.15, 0.2) is 0 Å². The molecule has 0 spiro atoms. The predicted molar refractivity (Wildman–Crippen MR) is 85.3 cm³/mol. The Morgan fingerprint density at radius 2 is 1.95 bits per heavy atom. The Hall–Kier alpha value is -0.450. The van der Waals surface area contributed by atoms with Crippen molar-refractivity contribution < 1.29 is 4.39 Å². The summed E-state index contributed by atoms with van der Waals surface area (Å²) in [7, 11) is 4.26. The molecule has 0 amide bonds. The van der Waals surface area contributed by atoms with Crippen LogP contribution in [0.3, 0.4) is 0 Å². The van der Waals surface area contributed by atoms with Crippen molar-refractivity contribution in [3.05, 3.63) is 34.1 Å². The van der Waals surface area contributed by atoms with Gasteiger partial charge in [-0.15, -0.1) is 0 Å². The van der Waals surface area contributed by atoms with Crippen molar-refractivity contribution in [2.24, 2.45) is 5.73 Å². The molecular weight excluding hydrogens is 319 g/mol.